The van der Waals surface area contributed by atoms with Gasteiger partial charge < -0.3 is 9.64 Å². The lowest BCUT2D eigenvalue weighted by Crippen LogP contribution is -2.40. The van der Waals surface area contributed by atoms with Crippen LogP contribution in [0, 0.1) is 5.82 Å². The van der Waals surface area contributed by atoms with Gasteiger partial charge in [-0.3, -0.25) is 4.79 Å². The Balaban J connectivity index is 1.79. The van der Waals surface area contributed by atoms with Gasteiger partial charge in [-0.05, 0) is 23.8 Å². The molecule has 0 aliphatic carbocycles. The Labute approximate surface area is 152 Å². The molecule has 0 unspecified atom stereocenters. The minimum absolute atomic E-state index is 0.0226. The number of hydrogen-bond acceptors (Lipinski definition) is 4. The number of pyridine rings is 1. The normalized spacial score (nSPS) is 14.9. The molecule has 4 rings (SSSR count). The summed E-state index contributed by atoms with van der Waals surface area (Å²) in [5.41, 5.74) is 1.66. The number of morpholine rings is 1. The zero-order chi connectivity index (χ0) is 17.4. The Bertz CT molecular complexity index is 936. The minimum atomic E-state index is -0.296. The first kappa shape index (κ1) is 16.4. The van der Waals surface area contributed by atoms with Crippen LogP contribution in [-0.4, -0.2) is 42.1 Å². The van der Waals surface area contributed by atoms with Gasteiger partial charge in [-0.25, -0.2) is 9.37 Å². The lowest BCUT2D eigenvalue weighted by molar-refractivity contribution is 0.0306. The zero-order valence-corrected chi connectivity index (χ0v) is 14.7. The molecule has 128 valence electrons. The van der Waals surface area contributed by atoms with E-state index in [1.165, 1.54) is 23.5 Å². The quantitative estimate of drug-likeness (QED) is 0.628. The Hall–Kier alpha value is -2.02. The molecule has 0 bridgehead atoms. The van der Waals surface area contributed by atoms with Gasteiger partial charge in [0.05, 0.1) is 22.8 Å². The van der Waals surface area contributed by atoms with E-state index in [0.717, 1.165) is 21.2 Å². The van der Waals surface area contributed by atoms with Gasteiger partial charge in [0.2, 0.25) is 0 Å². The standard InChI is InChI=1S/C18H14ClFN2O2S/c19-17-16-13(14(10-21-17)11-1-3-12(20)4-2-11)9-15(25-16)18(23)22-5-7-24-8-6-22/h1-4,9-10H,5-8H2. The van der Waals surface area contributed by atoms with Crippen molar-refractivity contribution >= 4 is 38.9 Å². The minimum Gasteiger partial charge on any atom is -0.378 e. The number of aromatic nitrogens is 1. The van der Waals surface area contributed by atoms with Gasteiger partial charge in [0.1, 0.15) is 11.0 Å². The van der Waals surface area contributed by atoms with Gasteiger partial charge in [0.25, 0.3) is 5.91 Å². The van der Waals surface area contributed by atoms with Crippen LogP contribution in [0.3, 0.4) is 0 Å². The van der Waals surface area contributed by atoms with Gasteiger partial charge in [0.15, 0.2) is 0 Å². The van der Waals surface area contributed by atoms with Crippen LogP contribution in [0.1, 0.15) is 9.67 Å². The van der Waals surface area contributed by atoms with Crippen molar-refractivity contribution in [2.75, 3.05) is 26.3 Å². The Morgan fingerprint density at radius 1 is 1.24 bits per heavy atom. The topological polar surface area (TPSA) is 42.4 Å². The van der Waals surface area contributed by atoms with Crippen LogP contribution < -0.4 is 0 Å². The van der Waals surface area contributed by atoms with Crippen molar-refractivity contribution < 1.29 is 13.9 Å². The number of halogens is 2. The zero-order valence-electron chi connectivity index (χ0n) is 13.2. The maximum absolute atomic E-state index is 13.2. The van der Waals surface area contributed by atoms with Gasteiger partial charge in [-0.15, -0.1) is 11.3 Å². The molecule has 3 heterocycles. The molecule has 0 spiro atoms. The van der Waals surface area contributed by atoms with Crippen LogP contribution >= 0.6 is 22.9 Å². The van der Waals surface area contributed by atoms with Crippen LogP contribution in [-0.2, 0) is 4.74 Å². The molecule has 1 aromatic carbocycles. The highest BCUT2D eigenvalue weighted by atomic mass is 35.5. The number of hydrogen-bond donors (Lipinski definition) is 0. The van der Waals surface area contributed by atoms with E-state index in [9.17, 15) is 9.18 Å². The maximum atomic E-state index is 13.2. The molecule has 1 aliphatic rings. The summed E-state index contributed by atoms with van der Waals surface area (Å²) in [5, 5.41) is 1.22. The number of ether oxygens (including phenoxy) is 1. The summed E-state index contributed by atoms with van der Waals surface area (Å²) in [5.74, 6) is -0.318. The molecule has 0 atom stereocenters. The summed E-state index contributed by atoms with van der Waals surface area (Å²) in [6.45, 7) is 2.29. The summed E-state index contributed by atoms with van der Waals surface area (Å²) in [6.07, 6.45) is 1.66. The predicted octanol–water partition coefficient (Wildman–Crippen LogP) is 4.23. The van der Waals surface area contributed by atoms with Crippen LogP contribution in [0.5, 0.6) is 0 Å². The largest absolute Gasteiger partial charge is 0.378 e. The highest BCUT2D eigenvalue weighted by Gasteiger charge is 2.22. The Kier molecular flexibility index (Phi) is 4.41. The monoisotopic (exact) mass is 376 g/mol. The van der Waals surface area contributed by atoms with Crippen molar-refractivity contribution in [1.82, 2.24) is 9.88 Å². The van der Waals surface area contributed by atoms with Crippen molar-refractivity contribution in [3.05, 3.63) is 52.4 Å². The fourth-order valence-corrected chi connectivity index (χ4v) is 4.18. The molecule has 3 aromatic rings. The van der Waals surface area contributed by atoms with E-state index in [1.54, 1.807) is 23.2 Å². The fraction of sp³-hybridized carbons (Fsp3) is 0.222. The molecule has 4 nitrogen and oxygen atoms in total. The molecule has 1 fully saturated rings. The van der Waals surface area contributed by atoms with Crippen molar-refractivity contribution in [1.29, 1.82) is 0 Å². The third-order valence-electron chi connectivity index (χ3n) is 4.18. The molecule has 1 amide bonds. The number of thiophene rings is 1. The molecular weight excluding hydrogens is 363 g/mol. The van der Waals surface area contributed by atoms with Gasteiger partial charge in [0, 0.05) is 30.2 Å². The van der Waals surface area contributed by atoms with Crippen molar-refractivity contribution in [2.45, 2.75) is 0 Å². The molecule has 1 saturated heterocycles. The molecule has 0 N–H and O–H groups in total. The number of nitrogens with zero attached hydrogens (tertiary/aromatic N) is 2. The van der Waals surface area contributed by atoms with E-state index in [1.807, 2.05) is 6.07 Å². The predicted molar refractivity (Wildman–Crippen MR) is 96.7 cm³/mol. The summed E-state index contributed by atoms with van der Waals surface area (Å²) < 4.78 is 19.3. The van der Waals surface area contributed by atoms with Gasteiger partial charge in [-0.2, -0.15) is 0 Å². The van der Waals surface area contributed by atoms with Crippen LogP contribution in [0.4, 0.5) is 4.39 Å². The smallest absolute Gasteiger partial charge is 0.264 e. The van der Waals surface area contributed by atoms with E-state index < -0.39 is 0 Å². The number of benzene rings is 1. The van der Waals surface area contributed by atoms with Crippen LogP contribution in [0.25, 0.3) is 21.2 Å². The van der Waals surface area contributed by atoms with E-state index in [-0.39, 0.29) is 11.7 Å². The van der Waals surface area contributed by atoms with E-state index in [4.69, 9.17) is 16.3 Å². The first-order valence-corrected chi connectivity index (χ1v) is 9.04. The summed E-state index contributed by atoms with van der Waals surface area (Å²) >= 11 is 7.58. The first-order chi connectivity index (χ1) is 12.1. The van der Waals surface area contributed by atoms with Crippen molar-refractivity contribution in [3.63, 3.8) is 0 Å². The van der Waals surface area contributed by atoms with E-state index in [0.29, 0.717) is 36.3 Å². The second kappa shape index (κ2) is 6.71. The number of rotatable bonds is 2. The summed E-state index contributed by atoms with van der Waals surface area (Å²) in [4.78, 5) is 19.4. The SMILES string of the molecule is O=C(c1cc2c(-c3ccc(F)cc3)cnc(Cl)c2s1)N1CCOCC1. The molecule has 0 radical (unpaired) electrons. The first-order valence-electron chi connectivity index (χ1n) is 7.84. The number of carbonyl (C=O) groups is 1. The van der Waals surface area contributed by atoms with Crippen molar-refractivity contribution in [2.24, 2.45) is 0 Å². The summed E-state index contributed by atoms with van der Waals surface area (Å²) in [6, 6.07) is 8.05. The second-order valence-corrected chi connectivity index (χ2v) is 7.14. The molecule has 2 aromatic heterocycles. The second-order valence-electron chi connectivity index (χ2n) is 5.73. The molecular formula is C18H14ClFN2O2S. The van der Waals surface area contributed by atoms with E-state index >= 15 is 0 Å². The molecule has 25 heavy (non-hydrogen) atoms. The van der Waals surface area contributed by atoms with Crippen molar-refractivity contribution in [3.8, 4) is 11.1 Å². The molecule has 7 heteroatoms. The average molecular weight is 377 g/mol. The fourth-order valence-electron chi connectivity index (χ4n) is 2.88. The lowest BCUT2D eigenvalue weighted by atomic mass is 10.0. The lowest BCUT2D eigenvalue weighted by Gasteiger charge is -2.26. The van der Waals surface area contributed by atoms with Gasteiger partial charge in [-0.1, -0.05) is 23.7 Å². The number of fused-ring (bicyclic) bond motifs is 1. The summed E-state index contributed by atoms with van der Waals surface area (Å²) in [7, 11) is 0. The highest BCUT2D eigenvalue weighted by molar-refractivity contribution is 7.21. The van der Waals surface area contributed by atoms with Gasteiger partial charge >= 0.3 is 0 Å². The Morgan fingerprint density at radius 2 is 1.96 bits per heavy atom. The molecule has 0 saturated carbocycles. The van der Waals surface area contributed by atoms with Crippen LogP contribution in [0.2, 0.25) is 5.15 Å². The third kappa shape index (κ3) is 3.13. The number of carbonyl (C=O) groups excluding carboxylic acids is 1. The highest BCUT2D eigenvalue weighted by Crippen LogP contribution is 2.37. The average Bonchev–Trinajstić information content (AvgIpc) is 3.09. The number of amides is 1. The third-order valence-corrected chi connectivity index (χ3v) is 5.71. The Morgan fingerprint density at radius 3 is 2.68 bits per heavy atom. The maximum Gasteiger partial charge on any atom is 0.264 e. The molecule has 1 aliphatic heterocycles. The van der Waals surface area contributed by atoms with E-state index in [2.05, 4.69) is 4.98 Å². The van der Waals surface area contributed by atoms with Crippen LogP contribution in [0.15, 0.2) is 36.5 Å².